The van der Waals surface area contributed by atoms with Crippen LogP contribution in [0.15, 0.2) is 24.3 Å². The van der Waals surface area contributed by atoms with Gasteiger partial charge in [-0.05, 0) is 58.0 Å². The SMILES string of the molecule is COc1cccc(CCN(C)CCC(C)(C)N)c1. The summed E-state index contributed by atoms with van der Waals surface area (Å²) in [6.07, 6.45) is 2.06. The average Bonchev–Trinajstić information content (AvgIpc) is 2.33. The van der Waals surface area contributed by atoms with Gasteiger partial charge in [0.05, 0.1) is 7.11 Å². The summed E-state index contributed by atoms with van der Waals surface area (Å²) in [5.41, 5.74) is 7.22. The second-order valence-electron chi connectivity index (χ2n) is 5.64. The minimum absolute atomic E-state index is 0.0791. The Morgan fingerprint density at radius 3 is 2.61 bits per heavy atom. The van der Waals surface area contributed by atoms with E-state index in [0.717, 1.165) is 31.7 Å². The van der Waals surface area contributed by atoms with Gasteiger partial charge in [0, 0.05) is 12.1 Å². The lowest BCUT2D eigenvalue weighted by Crippen LogP contribution is -2.36. The van der Waals surface area contributed by atoms with Crippen LogP contribution < -0.4 is 10.5 Å². The minimum Gasteiger partial charge on any atom is -0.497 e. The Morgan fingerprint density at radius 1 is 1.28 bits per heavy atom. The van der Waals surface area contributed by atoms with Gasteiger partial charge in [0.15, 0.2) is 0 Å². The van der Waals surface area contributed by atoms with Crippen molar-refractivity contribution in [3.05, 3.63) is 29.8 Å². The van der Waals surface area contributed by atoms with Crippen LogP contribution in [0.3, 0.4) is 0 Å². The number of benzene rings is 1. The molecule has 1 aromatic rings. The quantitative estimate of drug-likeness (QED) is 0.807. The Kier molecular flexibility index (Phi) is 5.63. The second kappa shape index (κ2) is 6.76. The summed E-state index contributed by atoms with van der Waals surface area (Å²) >= 11 is 0. The molecular weight excluding hydrogens is 224 g/mol. The number of nitrogens with two attached hydrogens (primary N) is 1. The fraction of sp³-hybridized carbons (Fsp3) is 0.600. The predicted molar refractivity (Wildman–Crippen MR) is 77.1 cm³/mol. The first kappa shape index (κ1) is 15.0. The van der Waals surface area contributed by atoms with Gasteiger partial charge in [0.1, 0.15) is 5.75 Å². The largest absolute Gasteiger partial charge is 0.497 e. The maximum absolute atomic E-state index is 5.99. The zero-order valence-electron chi connectivity index (χ0n) is 12.1. The van der Waals surface area contributed by atoms with E-state index in [4.69, 9.17) is 10.5 Å². The van der Waals surface area contributed by atoms with Gasteiger partial charge in [-0.2, -0.15) is 0 Å². The maximum Gasteiger partial charge on any atom is 0.119 e. The van der Waals surface area contributed by atoms with Crippen LogP contribution in [0.5, 0.6) is 5.75 Å². The molecule has 3 heteroatoms. The van der Waals surface area contributed by atoms with Crippen molar-refractivity contribution >= 4 is 0 Å². The molecule has 102 valence electrons. The molecule has 0 saturated carbocycles. The Bertz CT molecular complexity index is 358. The smallest absolute Gasteiger partial charge is 0.119 e. The molecule has 2 N–H and O–H groups in total. The van der Waals surface area contributed by atoms with E-state index in [1.54, 1.807) is 7.11 Å². The molecule has 0 fully saturated rings. The van der Waals surface area contributed by atoms with Gasteiger partial charge >= 0.3 is 0 Å². The topological polar surface area (TPSA) is 38.5 Å². The first-order chi connectivity index (χ1) is 8.40. The van der Waals surface area contributed by atoms with Crippen LogP contribution >= 0.6 is 0 Å². The van der Waals surface area contributed by atoms with Gasteiger partial charge in [0.25, 0.3) is 0 Å². The summed E-state index contributed by atoms with van der Waals surface area (Å²) in [5, 5.41) is 0. The van der Waals surface area contributed by atoms with Gasteiger partial charge in [-0.15, -0.1) is 0 Å². The first-order valence-electron chi connectivity index (χ1n) is 6.51. The highest BCUT2D eigenvalue weighted by molar-refractivity contribution is 5.28. The molecule has 0 aliphatic rings. The highest BCUT2D eigenvalue weighted by Gasteiger charge is 2.11. The van der Waals surface area contributed by atoms with Gasteiger partial charge in [-0.3, -0.25) is 0 Å². The van der Waals surface area contributed by atoms with Crippen LogP contribution in [-0.4, -0.2) is 37.7 Å². The Balaban J connectivity index is 2.35. The third kappa shape index (κ3) is 6.03. The van der Waals surface area contributed by atoms with E-state index in [9.17, 15) is 0 Å². The van der Waals surface area contributed by atoms with Crippen molar-refractivity contribution in [3.8, 4) is 5.75 Å². The second-order valence-corrected chi connectivity index (χ2v) is 5.64. The number of ether oxygens (including phenoxy) is 1. The van der Waals surface area contributed by atoms with Gasteiger partial charge in [0.2, 0.25) is 0 Å². The van der Waals surface area contributed by atoms with Crippen LogP contribution in [0.25, 0.3) is 0 Å². The summed E-state index contributed by atoms with van der Waals surface area (Å²) in [6.45, 7) is 6.22. The van der Waals surface area contributed by atoms with Gasteiger partial charge in [-0.1, -0.05) is 12.1 Å². The Labute approximate surface area is 111 Å². The highest BCUT2D eigenvalue weighted by Crippen LogP contribution is 2.13. The lowest BCUT2D eigenvalue weighted by atomic mass is 10.0. The van der Waals surface area contributed by atoms with E-state index in [-0.39, 0.29) is 5.54 Å². The third-order valence-corrected chi connectivity index (χ3v) is 3.05. The summed E-state index contributed by atoms with van der Waals surface area (Å²) < 4.78 is 5.22. The van der Waals surface area contributed by atoms with Crippen LogP contribution in [0, 0.1) is 0 Å². The molecular formula is C15H26N2O. The summed E-state index contributed by atoms with van der Waals surface area (Å²) in [5.74, 6) is 0.929. The monoisotopic (exact) mass is 250 g/mol. The molecule has 0 aromatic heterocycles. The summed E-state index contributed by atoms with van der Waals surface area (Å²) in [4.78, 5) is 2.33. The number of rotatable bonds is 7. The number of hydrogen-bond acceptors (Lipinski definition) is 3. The first-order valence-corrected chi connectivity index (χ1v) is 6.51. The highest BCUT2D eigenvalue weighted by atomic mass is 16.5. The molecule has 0 aliphatic heterocycles. The molecule has 1 rings (SSSR count). The molecule has 0 amide bonds. The molecule has 0 bridgehead atoms. The van der Waals surface area contributed by atoms with Crippen molar-refractivity contribution in [2.75, 3.05) is 27.2 Å². The normalized spacial score (nSPS) is 11.9. The lowest BCUT2D eigenvalue weighted by Gasteiger charge is -2.23. The van der Waals surface area contributed by atoms with Crippen molar-refractivity contribution in [3.63, 3.8) is 0 Å². The molecule has 0 spiro atoms. The van der Waals surface area contributed by atoms with Gasteiger partial charge in [-0.25, -0.2) is 0 Å². The van der Waals surface area contributed by atoms with Crippen LogP contribution in [-0.2, 0) is 6.42 Å². The van der Waals surface area contributed by atoms with Crippen molar-refractivity contribution in [1.82, 2.24) is 4.90 Å². The molecule has 18 heavy (non-hydrogen) atoms. The van der Waals surface area contributed by atoms with Crippen molar-refractivity contribution in [2.24, 2.45) is 5.73 Å². The molecule has 0 atom stereocenters. The molecule has 3 nitrogen and oxygen atoms in total. The summed E-state index contributed by atoms with van der Waals surface area (Å²) in [6, 6.07) is 8.26. The number of hydrogen-bond donors (Lipinski definition) is 1. The Hall–Kier alpha value is -1.06. The molecule has 0 heterocycles. The third-order valence-electron chi connectivity index (χ3n) is 3.05. The molecule has 0 radical (unpaired) electrons. The maximum atomic E-state index is 5.99. The van der Waals surface area contributed by atoms with Crippen LogP contribution in [0.4, 0.5) is 0 Å². The van der Waals surface area contributed by atoms with E-state index in [0.29, 0.717) is 0 Å². The number of methoxy groups -OCH3 is 1. The predicted octanol–water partition coefficient (Wildman–Crippen LogP) is 2.30. The van der Waals surface area contributed by atoms with E-state index in [1.165, 1.54) is 5.56 Å². The van der Waals surface area contributed by atoms with E-state index in [1.807, 2.05) is 12.1 Å². The molecule has 0 saturated heterocycles. The van der Waals surface area contributed by atoms with E-state index in [2.05, 4.69) is 37.9 Å². The average molecular weight is 250 g/mol. The lowest BCUT2D eigenvalue weighted by molar-refractivity contribution is 0.298. The molecule has 0 unspecified atom stereocenters. The van der Waals surface area contributed by atoms with Crippen molar-refractivity contribution < 1.29 is 4.74 Å². The standard InChI is InChI=1S/C15H26N2O/c1-15(2,16)9-11-17(3)10-8-13-6-5-7-14(12-13)18-4/h5-7,12H,8-11,16H2,1-4H3. The number of nitrogens with zero attached hydrogens (tertiary/aromatic N) is 1. The summed E-state index contributed by atoms with van der Waals surface area (Å²) in [7, 11) is 3.85. The number of likely N-dealkylation sites (N-methyl/N-ethyl adjacent to an activating group) is 1. The molecule has 1 aromatic carbocycles. The zero-order valence-corrected chi connectivity index (χ0v) is 12.1. The Morgan fingerprint density at radius 2 is 2.00 bits per heavy atom. The van der Waals surface area contributed by atoms with Crippen molar-refractivity contribution in [1.29, 1.82) is 0 Å². The zero-order chi connectivity index (χ0) is 13.6. The fourth-order valence-electron chi connectivity index (χ4n) is 1.74. The van der Waals surface area contributed by atoms with Crippen LogP contribution in [0.2, 0.25) is 0 Å². The van der Waals surface area contributed by atoms with Crippen LogP contribution in [0.1, 0.15) is 25.8 Å². The fourth-order valence-corrected chi connectivity index (χ4v) is 1.74. The van der Waals surface area contributed by atoms with Gasteiger partial charge < -0.3 is 15.4 Å². The van der Waals surface area contributed by atoms with E-state index < -0.39 is 0 Å². The molecule has 0 aliphatic carbocycles. The van der Waals surface area contributed by atoms with E-state index >= 15 is 0 Å². The minimum atomic E-state index is -0.0791. The van der Waals surface area contributed by atoms with Crippen molar-refractivity contribution in [2.45, 2.75) is 32.2 Å².